The van der Waals surface area contributed by atoms with Crippen molar-refractivity contribution in [2.24, 2.45) is 0 Å². The maximum absolute atomic E-state index is 15.4. The molecular weight excluding hydrogens is 444 g/mol. The van der Waals surface area contributed by atoms with Crippen LogP contribution >= 0.6 is 0 Å². The topological polar surface area (TPSA) is 94.9 Å². The van der Waals surface area contributed by atoms with Crippen LogP contribution in [-0.4, -0.2) is 64.3 Å². The van der Waals surface area contributed by atoms with E-state index in [0.29, 0.717) is 61.0 Å². The van der Waals surface area contributed by atoms with Crippen molar-refractivity contribution in [3.8, 4) is 0 Å². The number of aromatic nitrogens is 3. The van der Waals surface area contributed by atoms with E-state index in [-0.39, 0.29) is 17.3 Å². The summed E-state index contributed by atoms with van der Waals surface area (Å²) in [4.78, 5) is 36.2. The smallest absolute Gasteiger partial charge is 0.269 e. The zero-order valence-electron chi connectivity index (χ0n) is 19.2. The molecule has 11 heteroatoms. The van der Waals surface area contributed by atoms with Gasteiger partial charge in [0.2, 0.25) is 11.9 Å². The fourth-order valence-electron chi connectivity index (χ4n) is 4.64. The number of amides is 2. The van der Waals surface area contributed by atoms with E-state index < -0.39 is 23.6 Å². The highest BCUT2D eigenvalue weighted by atomic mass is 19.1. The molecule has 0 bridgehead atoms. The van der Waals surface area contributed by atoms with Crippen LogP contribution in [0.4, 0.5) is 20.2 Å². The van der Waals surface area contributed by atoms with Crippen LogP contribution in [-0.2, 0) is 11.3 Å². The Morgan fingerprint density at radius 1 is 1.21 bits per heavy atom. The SMILES string of the molecule is CNC(=O)c1ccc(N2CCN(Cc3cn4c(C)nc5c4c(c3F)NC(=O)C5C)CC2)c(F)n1. The van der Waals surface area contributed by atoms with Gasteiger partial charge in [0.05, 0.1) is 22.8 Å². The number of halogens is 2. The molecule has 0 saturated carbocycles. The van der Waals surface area contributed by atoms with Crippen molar-refractivity contribution in [3.05, 3.63) is 52.9 Å². The molecule has 5 heterocycles. The Morgan fingerprint density at radius 2 is 1.94 bits per heavy atom. The lowest BCUT2D eigenvalue weighted by Gasteiger charge is -2.36. The van der Waals surface area contributed by atoms with Gasteiger partial charge in [0, 0.05) is 51.5 Å². The van der Waals surface area contributed by atoms with Gasteiger partial charge in [-0.25, -0.2) is 14.4 Å². The van der Waals surface area contributed by atoms with E-state index in [1.54, 1.807) is 19.2 Å². The highest BCUT2D eigenvalue weighted by molar-refractivity contribution is 6.04. The molecule has 3 aromatic rings. The number of nitrogens with one attached hydrogen (secondary N) is 2. The van der Waals surface area contributed by atoms with Crippen molar-refractivity contribution in [3.63, 3.8) is 0 Å². The van der Waals surface area contributed by atoms with Crippen LogP contribution in [0.5, 0.6) is 0 Å². The number of imidazole rings is 1. The van der Waals surface area contributed by atoms with E-state index in [9.17, 15) is 14.0 Å². The molecule has 1 saturated heterocycles. The highest BCUT2D eigenvalue weighted by Gasteiger charge is 2.32. The van der Waals surface area contributed by atoms with Crippen molar-refractivity contribution in [1.82, 2.24) is 24.6 Å². The number of anilines is 2. The normalized spacial score (nSPS) is 18.3. The highest BCUT2D eigenvalue weighted by Crippen LogP contribution is 2.36. The third-order valence-corrected chi connectivity index (χ3v) is 6.58. The van der Waals surface area contributed by atoms with Crippen molar-refractivity contribution in [2.45, 2.75) is 26.3 Å². The van der Waals surface area contributed by atoms with Crippen LogP contribution in [0.3, 0.4) is 0 Å². The maximum atomic E-state index is 15.4. The van der Waals surface area contributed by atoms with Crippen molar-refractivity contribution < 1.29 is 18.4 Å². The van der Waals surface area contributed by atoms with E-state index in [2.05, 4.69) is 25.5 Å². The number of carbonyl (C=O) groups is 2. The molecule has 1 atom stereocenters. The van der Waals surface area contributed by atoms with Gasteiger partial charge in [0.1, 0.15) is 17.2 Å². The molecule has 3 aromatic heterocycles. The predicted molar refractivity (Wildman–Crippen MR) is 122 cm³/mol. The minimum atomic E-state index is -0.693. The minimum Gasteiger partial charge on any atom is -0.365 e. The molecule has 0 radical (unpaired) electrons. The van der Waals surface area contributed by atoms with E-state index in [0.717, 1.165) is 0 Å². The van der Waals surface area contributed by atoms with Gasteiger partial charge in [-0.3, -0.25) is 14.5 Å². The largest absolute Gasteiger partial charge is 0.365 e. The van der Waals surface area contributed by atoms with Gasteiger partial charge in [-0.1, -0.05) is 0 Å². The molecule has 1 unspecified atom stereocenters. The van der Waals surface area contributed by atoms with Crippen molar-refractivity contribution in [1.29, 1.82) is 0 Å². The third kappa shape index (κ3) is 3.56. The Balaban J connectivity index is 1.33. The zero-order valence-corrected chi connectivity index (χ0v) is 19.2. The molecular formula is C23H25F2N7O2. The molecule has 2 N–H and O–H groups in total. The summed E-state index contributed by atoms with van der Waals surface area (Å²) in [5, 5.41) is 5.13. The molecule has 0 spiro atoms. The van der Waals surface area contributed by atoms with Crippen LogP contribution in [0.25, 0.3) is 5.52 Å². The van der Waals surface area contributed by atoms with Gasteiger partial charge >= 0.3 is 0 Å². The predicted octanol–water partition coefficient (Wildman–Crippen LogP) is 2.05. The van der Waals surface area contributed by atoms with Gasteiger partial charge in [-0.05, 0) is 26.0 Å². The Kier molecular flexibility index (Phi) is 5.43. The Hall–Kier alpha value is -3.60. The molecule has 1 fully saturated rings. The number of pyridine rings is 2. The molecule has 2 amide bonds. The Morgan fingerprint density at radius 3 is 2.62 bits per heavy atom. The Bertz CT molecular complexity index is 1310. The molecule has 5 rings (SSSR count). The first-order valence-corrected chi connectivity index (χ1v) is 11.1. The van der Waals surface area contributed by atoms with Crippen LogP contribution in [0.2, 0.25) is 0 Å². The summed E-state index contributed by atoms with van der Waals surface area (Å²) in [6.07, 6.45) is 1.75. The van der Waals surface area contributed by atoms with Crippen LogP contribution in [0, 0.1) is 18.7 Å². The Labute approximate surface area is 194 Å². The third-order valence-electron chi connectivity index (χ3n) is 6.58. The fourth-order valence-corrected chi connectivity index (χ4v) is 4.64. The lowest BCUT2D eigenvalue weighted by atomic mass is 10.0. The second kappa shape index (κ2) is 8.32. The average Bonchev–Trinajstić information content (AvgIpc) is 3.16. The summed E-state index contributed by atoms with van der Waals surface area (Å²) in [5.41, 5.74) is 2.20. The number of nitrogens with zero attached hydrogens (tertiary/aromatic N) is 5. The molecule has 34 heavy (non-hydrogen) atoms. The number of aryl methyl sites for hydroxylation is 1. The average molecular weight is 469 g/mol. The van der Waals surface area contributed by atoms with Gasteiger partial charge < -0.3 is 19.9 Å². The summed E-state index contributed by atoms with van der Waals surface area (Å²) in [5.74, 6) is -1.59. The van der Waals surface area contributed by atoms with Crippen molar-refractivity contribution >= 4 is 28.7 Å². The summed E-state index contributed by atoms with van der Waals surface area (Å²) in [6.45, 7) is 6.16. The first-order chi connectivity index (χ1) is 16.3. The number of hydrogen-bond acceptors (Lipinski definition) is 6. The number of piperazine rings is 1. The van der Waals surface area contributed by atoms with Crippen molar-refractivity contribution in [2.75, 3.05) is 43.4 Å². The number of hydrogen-bond donors (Lipinski definition) is 2. The molecule has 0 aromatic carbocycles. The van der Waals surface area contributed by atoms with Gasteiger partial charge in [0.15, 0.2) is 5.82 Å². The second-order valence-corrected chi connectivity index (χ2v) is 8.67. The second-order valence-electron chi connectivity index (χ2n) is 8.67. The number of rotatable bonds is 4. The molecule has 2 aliphatic rings. The summed E-state index contributed by atoms with van der Waals surface area (Å²) in [6, 6.07) is 3.06. The van der Waals surface area contributed by atoms with E-state index in [1.807, 2.05) is 16.2 Å². The molecule has 2 aliphatic heterocycles. The first-order valence-electron chi connectivity index (χ1n) is 11.1. The number of carbonyl (C=O) groups excluding carboxylic acids is 2. The monoisotopic (exact) mass is 469 g/mol. The fraction of sp³-hybridized carbons (Fsp3) is 0.391. The minimum absolute atomic E-state index is 0.0247. The quantitative estimate of drug-likeness (QED) is 0.568. The summed E-state index contributed by atoms with van der Waals surface area (Å²) < 4.78 is 31.8. The van der Waals surface area contributed by atoms with E-state index in [4.69, 9.17) is 0 Å². The van der Waals surface area contributed by atoms with Crippen LogP contribution in [0.15, 0.2) is 18.3 Å². The zero-order chi connectivity index (χ0) is 24.1. The molecule has 9 nitrogen and oxygen atoms in total. The van der Waals surface area contributed by atoms with Gasteiger partial charge in [-0.2, -0.15) is 4.39 Å². The summed E-state index contributed by atoms with van der Waals surface area (Å²) in [7, 11) is 1.46. The first kappa shape index (κ1) is 22.2. The van der Waals surface area contributed by atoms with Gasteiger partial charge in [-0.15, -0.1) is 0 Å². The summed E-state index contributed by atoms with van der Waals surface area (Å²) >= 11 is 0. The van der Waals surface area contributed by atoms with Crippen LogP contribution < -0.4 is 15.5 Å². The van der Waals surface area contributed by atoms with E-state index >= 15 is 4.39 Å². The standard InChI is InChI=1S/C23H25F2N7O2/c1-12-18-20-19(29-22(12)33)17(24)14(11-32(20)13(2)27-18)10-30-6-8-31(9-7-30)16-5-4-15(23(34)26-3)28-21(16)25/h4-5,11-12H,6-10H2,1-3H3,(H,26,34)(H,29,33). The van der Waals surface area contributed by atoms with Crippen LogP contribution in [0.1, 0.15) is 40.4 Å². The maximum Gasteiger partial charge on any atom is 0.269 e. The molecule has 178 valence electrons. The lowest BCUT2D eigenvalue weighted by Crippen LogP contribution is -2.46. The van der Waals surface area contributed by atoms with Gasteiger partial charge in [0.25, 0.3) is 5.91 Å². The lowest BCUT2D eigenvalue weighted by molar-refractivity contribution is -0.117. The van der Waals surface area contributed by atoms with E-state index in [1.165, 1.54) is 13.1 Å². The molecule has 0 aliphatic carbocycles.